The van der Waals surface area contributed by atoms with Crippen LogP contribution in [0.4, 0.5) is 0 Å². The van der Waals surface area contributed by atoms with Gasteiger partial charge in [-0.05, 0) is 79.4 Å². The molecule has 4 aliphatic carbocycles. The van der Waals surface area contributed by atoms with Crippen molar-refractivity contribution in [2.45, 2.75) is 81.9 Å². The van der Waals surface area contributed by atoms with Crippen LogP contribution >= 0.6 is 15.9 Å². The maximum atomic E-state index is 11.0. The molecule has 3 nitrogen and oxygen atoms in total. The van der Waals surface area contributed by atoms with E-state index in [9.17, 15) is 15.3 Å². The van der Waals surface area contributed by atoms with Gasteiger partial charge < -0.3 is 15.3 Å². The Kier molecular flexibility index (Phi) is 3.97. The summed E-state index contributed by atoms with van der Waals surface area (Å²) in [6.45, 7) is 4.67. The van der Waals surface area contributed by atoms with Gasteiger partial charge in [0.2, 0.25) is 0 Å². The first-order chi connectivity index (χ1) is 10.8. The average Bonchev–Trinajstić information content (AvgIpc) is 2.73. The molecule has 0 spiro atoms. The van der Waals surface area contributed by atoms with E-state index < -0.39 is 0 Å². The number of halogens is 1. The smallest absolute Gasteiger partial charge is 0.0721 e. The van der Waals surface area contributed by atoms with E-state index in [2.05, 4.69) is 29.8 Å². The van der Waals surface area contributed by atoms with Gasteiger partial charge in [-0.3, -0.25) is 0 Å². The van der Waals surface area contributed by atoms with E-state index in [0.717, 1.165) is 44.9 Å². The first-order valence-electron chi connectivity index (χ1n) is 9.45. The lowest BCUT2D eigenvalue weighted by molar-refractivity contribution is -0.176. The van der Waals surface area contributed by atoms with Crippen molar-refractivity contribution in [3.05, 3.63) is 0 Å². The molecule has 3 N–H and O–H groups in total. The fourth-order valence-corrected chi connectivity index (χ4v) is 8.15. The van der Waals surface area contributed by atoms with Crippen molar-refractivity contribution >= 4 is 15.9 Å². The van der Waals surface area contributed by atoms with Crippen molar-refractivity contribution < 1.29 is 15.3 Å². The molecule has 23 heavy (non-hydrogen) atoms. The summed E-state index contributed by atoms with van der Waals surface area (Å²) in [5.41, 5.74) is 0.216. The largest absolute Gasteiger partial charge is 0.393 e. The third kappa shape index (κ3) is 2.24. The van der Waals surface area contributed by atoms with Crippen LogP contribution < -0.4 is 0 Å². The molecule has 4 rings (SSSR count). The number of hydrogen-bond donors (Lipinski definition) is 3. The Balaban J connectivity index is 1.68. The van der Waals surface area contributed by atoms with Gasteiger partial charge in [0.1, 0.15) is 0 Å². The van der Waals surface area contributed by atoms with Crippen LogP contribution in [0.5, 0.6) is 0 Å². The molecule has 0 aromatic rings. The first kappa shape index (κ1) is 16.8. The highest BCUT2D eigenvalue weighted by Crippen LogP contribution is 2.66. The number of fused-ring (bicyclic) bond motifs is 5. The van der Waals surface area contributed by atoms with Crippen LogP contribution in [0.15, 0.2) is 0 Å². The van der Waals surface area contributed by atoms with E-state index in [-0.39, 0.29) is 34.0 Å². The van der Waals surface area contributed by atoms with Gasteiger partial charge in [0.15, 0.2) is 0 Å². The van der Waals surface area contributed by atoms with E-state index in [4.69, 9.17) is 0 Å². The first-order valence-corrected chi connectivity index (χ1v) is 10.4. The van der Waals surface area contributed by atoms with Crippen molar-refractivity contribution in [1.82, 2.24) is 0 Å². The predicted molar refractivity (Wildman–Crippen MR) is 93.2 cm³/mol. The van der Waals surface area contributed by atoms with Gasteiger partial charge in [0.25, 0.3) is 0 Å². The maximum Gasteiger partial charge on any atom is 0.0721 e. The van der Waals surface area contributed by atoms with Gasteiger partial charge in [-0.1, -0.05) is 29.8 Å². The van der Waals surface area contributed by atoms with Crippen LogP contribution in [0.1, 0.15) is 58.8 Å². The van der Waals surface area contributed by atoms with Crippen LogP contribution in [0.3, 0.4) is 0 Å². The summed E-state index contributed by atoms with van der Waals surface area (Å²) in [6.07, 6.45) is 6.15. The zero-order valence-corrected chi connectivity index (χ0v) is 15.9. The Morgan fingerprint density at radius 2 is 1.57 bits per heavy atom. The molecule has 0 aromatic carbocycles. The van der Waals surface area contributed by atoms with Gasteiger partial charge in [-0.2, -0.15) is 0 Å². The Labute approximate surface area is 148 Å². The second-order valence-corrected chi connectivity index (χ2v) is 10.6. The van der Waals surface area contributed by atoms with E-state index in [1.165, 1.54) is 0 Å². The van der Waals surface area contributed by atoms with E-state index in [0.29, 0.717) is 23.7 Å². The number of hydrogen-bond acceptors (Lipinski definition) is 3. The van der Waals surface area contributed by atoms with Crippen molar-refractivity contribution in [1.29, 1.82) is 0 Å². The molecular weight excluding hydrogens is 356 g/mol. The fraction of sp³-hybridized carbons (Fsp3) is 1.00. The standard InChI is InChI=1S/C19H31BrO3/c1-18-5-3-11(21)7-10(18)8-15(22)16-12(18)4-6-19(2)13(16)9-14(20)17(19)23/h10-17,21-23H,3-9H2,1-2H3/t10?,11-,12-,13-,14+,15-,16+,17-,18-,19-/m0/s1. The van der Waals surface area contributed by atoms with Crippen LogP contribution in [0.25, 0.3) is 0 Å². The van der Waals surface area contributed by atoms with Crippen LogP contribution in [-0.4, -0.2) is 38.5 Å². The molecule has 1 unspecified atom stereocenters. The monoisotopic (exact) mass is 386 g/mol. The molecule has 0 aliphatic heterocycles. The Morgan fingerprint density at radius 3 is 2.30 bits per heavy atom. The second-order valence-electron chi connectivity index (χ2n) is 9.47. The lowest BCUT2D eigenvalue weighted by Gasteiger charge is -2.61. The lowest BCUT2D eigenvalue weighted by atomic mass is 9.44. The summed E-state index contributed by atoms with van der Waals surface area (Å²) in [5, 5.41) is 31.8. The molecule has 4 saturated carbocycles. The molecular formula is C19H31BrO3. The minimum atomic E-state index is -0.292. The highest BCUT2D eigenvalue weighted by molar-refractivity contribution is 9.09. The van der Waals surface area contributed by atoms with Crippen molar-refractivity contribution in [2.75, 3.05) is 0 Å². The maximum absolute atomic E-state index is 11.0. The molecule has 0 heterocycles. The zero-order chi connectivity index (χ0) is 16.6. The SMILES string of the molecule is C[C@]12CC[C@H]3[C@@H]([C@@H](O)CC4C[C@@H](O)CC[C@@]43C)[C@@H]1C[C@@H](Br)[C@@H]2O. The van der Waals surface area contributed by atoms with Gasteiger partial charge in [-0.15, -0.1) is 0 Å². The second kappa shape index (κ2) is 5.43. The third-order valence-electron chi connectivity index (χ3n) is 8.59. The Morgan fingerprint density at radius 1 is 0.870 bits per heavy atom. The van der Waals surface area contributed by atoms with Gasteiger partial charge in [-0.25, -0.2) is 0 Å². The summed E-state index contributed by atoms with van der Waals surface area (Å²) in [6, 6.07) is 0. The van der Waals surface area contributed by atoms with Gasteiger partial charge >= 0.3 is 0 Å². The molecule has 132 valence electrons. The minimum Gasteiger partial charge on any atom is -0.393 e. The summed E-state index contributed by atoms with van der Waals surface area (Å²) in [4.78, 5) is 0.169. The van der Waals surface area contributed by atoms with Crippen LogP contribution in [-0.2, 0) is 0 Å². The highest BCUT2D eigenvalue weighted by atomic mass is 79.9. The molecule has 10 atom stereocenters. The topological polar surface area (TPSA) is 60.7 Å². The fourth-order valence-electron chi connectivity index (χ4n) is 7.15. The highest BCUT2D eigenvalue weighted by Gasteiger charge is 2.63. The number of aliphatic hydroxyl groups is 3. The molecule has 0 aromatic heterocycles. The molecule has 4 fully saturated rings. The summed E-state index contributed by atoms with van der Waals surface area (Å²) >= 11 is 3.69. The van der Waals surface area contributed by atoms with E-state index in [1.54, 1.807) is 0 Å². The zero-order valence-electron chi connectivity index (χ0n) is 14.3. The molecule has 0 radical (unpaired) electrons. The van der Waals surface area contributed by atoms with Crippen LogP contribution in [0.2, 0.25) is 0 Å². The molecule has 4 heteroatoms. The summed E-state index contributed by atoms with van der Waals surface area (Å²) < 4.78 is 0. The molecule has 0 saturated heterocycles. The third-order valence-corrected chi connectivity index (χ3v) is 9.47. The predicted octanol–water partition coefficient (Wildman–Crippen LogP) is 3.10. The summed E-state index contributed by atoms with van der Waals surface area (Å²) in [7, 11) is 0. The average molecular weight is 387 g/mol. The Bertz CT molecular complexity index is 485. The molecule has 0 amide bonds. The number of aliphatic hydroxyl groups excluding tert-OH is 3. The molecule has 0 bridgehead atoms. The molecule has 4 aliphatic rings. The lowest BCUT2D eigenvalue weighted by Crippen LogP contribution is -2.58. The summed E-state index contributed by atoms with van der Waals surface area (Å²) in [5.74, 6) is 1.74. The van der Waals surface area contributed by atoms with E-state index in [1.807, 2.05) is 0 Å². The normalized spacial score (nSPS) is 62.3. The number of alkyl halides is 1. The van der Waals surface area contributed by atoms with Crippen molar-refractivity contribution in [2.24, 2.45) is 34.5 Å². The van der Waals surface area contributed by atoms with Crippen LogP contribution in [0, 0.1) is 34.5 Å². The number of rotatable bonds is 0. The van der Waals surface area contributed by atoms with Gasteiger partial charge in [0.05, 0.1) is 18.3 Å². The Hall–Kier alpha value is 0.360. The van der Waals surface area contributed by atoms with Crippen molar-refractivity contribution in [3.63, 3.8) is 0 Å². The quantitative estimate of drug-likeness (QED) is 0.560. The van der Waals surface area contributed by atoms with Gasteiger partial charge in [0, 0.05) is 4.83 Å². The van der Waals surface area contributed by atoms with Crippen molar-refractivity contribution in [3.8, 4) is 0 Å². The minimum absolute atomic E-state index is 0.0479. The van der Waals surface area contributed by atoms with E-state index >= 15 is 0 Å².